The van der Waals surface area contributed by atoms with Gasteiger partial charge in [-0.2, -0.15) is 0 Å². The number of hydrogen-bond donors (Lipinski definition) is 0. The van der Waals surface area contributed by atoms with Gasteiger partial charge in [0.15, 0.2) is 17.3 Å². The van der Waals surface area contributed by atoms with E-state index in [1.165, 1.54) is 12.3 Å². The number of aromatic nitrogens is 1. The van der Waals surface area contributed by atoms with E-state index < -0.39 is 5.97 Å². The lowest BCUT2D eigenvalue weighted by molar-refractivity contribution is 0.0463. The van der Waals surface area contributed by atoms with Crippen LogP contribution in [0.4, 0.5) is 0 Å². The van der Waals surface area contributed by atoms with Gasteiger partial charge in [-0.25, -0.2) is 4.79 Å². The monoisotopic (exact) mass is 361 g/mol. The van der Waals surface area contributed by atoms with Crippen LogP contribution < -0.4 is 9.47 Å². The van der Waals surface area contributed by atoms with Crippen LogP contribution >= 0.6 is 11.6 Å². The van der Waals surface area contributed by atoms with E-state index >= 15 is 0 Å². The Morgan fingerprint density at radius 2 is 2.08 bits per heavy atom. The van der Waals surface area contributed by atoms with Gasteiger partial charge in [0.05, 0.1) is 16.8 Å². The highest BCUT2D eigenvalue weighted by molar-refractivity contribution is 6.32. The summed E-state index contributed by atoms with van der Waals surface area (Å²) in [6.07, 6.45) is 1.53. The minimum absolute atomic E-state index is 0.0465. The number of esters is 1. The quantitative estimate of drug-likeness (QED) is 0.655. The fraction of sp³-hybridized carbons (Fsp3) is 0.176. The minimum Gasteiger partial charge on any atom is -0.486 e. The molecule has 7 nitrogen and oxygen atoms in total. The van der Waals surface area contributed by atoms with Crippen LogP contribution in [0.5, 0.6) is 11.5 Å². The lowest BCUT2D eigenvalue weighted by atomic mass is 10.2. The Kier molecular flexibility index (Phi) is 4.07. The number of fused-ring (bicyclic) bond motifs is 1. The summed E-state index contributed by atoms with van der Waals surface area (Å²) in [5, 5.41) is 4.14. The first kappa shape index (κ1) is 15.6. The van der Waals surface area contributed by atoms with E-state index in [9.17, 15) is 4.79 Å². The van der Waals surface area contributed by atoms with Crippen molar-refractivity contribution in [3.05, 3.63) is 52.9 Å². The maximum Gasteiger partial charge on any atom is 0.338 e. The second-order valence-corrected chi connectivity index (χ2v) is 5.63. The second-order valence-electron chi connectivity index (χ2n) is 5.22. The fourth-order valence-corrected chi connectivity index (χ4v) is 2.63. The molecule has 0 aliphatic carbocycles. The van der Waals surface area contributed by atoms with Crippen LogP contribution in [0.1, 0.15) is 16.1 Å². The molecule has 0 bridgehead atoms. The third kappa shape index (κ3) is 3.18. The van der Waals surface area contributed by atoms with Gasteiger partial charge in [0.1, 0.15) is 25.5 Å². The first-order valence-corrected chi connectivity index (χ1v) is 7.84. The molecular weight excluding hydrogens is 350 g/mol. The Labute approximate surface area is 147 Å². The number of ether oxygens (including phenoxy) is 3. The van der Waals surface area contributed by atoms with Crippen molar-refractivity contribution >= 4 is 17.6 Å². The summed E-state index contributed by atoms with van der Waals surface area (Å²) in [6.45, 7) is 0.770. The minimum atomic E-state index is -0.554. The molecule has 0 saturated carbocycles. The van der Waals surface area contributed by atoms with Crippen molar-refractivity contribution in [2.24, 2.45) is 0 Å². The van der Waals surface area contributed by atoms with Gasteiger partial charge >= 0.3 is 5.97 Å². The third-order valence-corrected chi connectivity index (χ3v) is 3.79. The third-order valence-electron chi connectivity index (χ3n) is 3.51. The highest BCUT2D eigenvalue weighted by Gasteiger charge is 2.20. The van der Waals surface area contributed by atoms with Gasteiger partial charge in [-0.1, -0.05) is 16.8 Å². The van der Waals surface area contributed by atoms with Gasteiger partial charge in [-0.3, -0.25) is 0 Å². The molecule has 1 aliphatic heterocycles. The molecule has 128 valence electrons. The molecule has 4 rings (SSSR count). The lowest BCUT2D eigenvalue weighted by Gasteiger charge is -2.19. The van der Waals surface area contributed by atoms with E-state index in [0.29, 0.717) is 46.9 Å². The van der Waals surface area contributed by atoms with Crippen LogP contribution in [0.25, 0.3) is 11.5 Å². The highest BCUT2D eigenvalue weighted by Crippen LogP contribution is 2.38. The molecule has 3 aromatic rings. The molecule has 0 unspecified atom stereocenters. The maximum absolute atomic E-state index is 12.2. The highest BCUT2D eigenvalue weighted by atomic mass is 35.5. The summed E-state index contributed by atoms with van der Waals surface area (Å²) in [4.78, 5) is 12.2. The molecule has 0 atom stereocenters. The van der Waals surface area contributed by atoms with Gasteiger partial charge in [0.25, 0.3) is 0 Å². The second kappa shape index (κ2) is 6.52. The summed E-state index contributed by atoms with van der Waals surface area (Å²) in [7, 11) is 0. The van der Waals surface area contributed by atoms with Gasteiger partial charge in [0, 0.05) is 6.07 Å². The van der Waals surface area contributed by atoms with Crippen LogP contribution in [-0.4, -0.2) is 24.3 Å². The molecule has 1 aromatic carbocycles. The summed E-state index contributed by atoms with van der Waals surface area (Å²) in [5.74, 6) is 1.31. The van der Waals surface area contributed by atoms with Gasteiger partial charge in [0.2, 0.25) is 5.76 Å². The van der Waals surface area contributed by atoms with Crippen LogP contribution in [-0.2, 0) is 11.3 Å². The largest absolute Gasteiger partial charge is 0.486 e. The van der Waals surface area contributed by atoms with Gasteiger partial charge in [-0.05, 0) is 24.3 Å². The molecular formula is C17H12ClNO6. The molecule has 0 N–H and O–H groups in total. The Hall–Kier alpha value is -2.93. The molecule has 8 heteroatoms. The Morgan fingerprint density at radius 1 is 1.20 bits per heavy atom. The zero-order valence-corrected chi connectivity index (χ0v) is 13.6. The maximum atomic E-state index is 12.2. The summed E-state index contributed by atoms with van der Waals surface area (Å²) in [6, 6.07) is 8.15. The fourth-order valence-electron chi connectivity index (χ4n) is 2.37. The van der Waals surface area contributed by atoms with Crippen molar-refractivity contribution in [1.82, 2.24) is 5.16 Å². The molecule has 2 aromatic heterocycles. The van der Waals surface area contributed by atoms with Crippen LogP contribution in [0.3, 0.4) is 0 Å². The average molecular weight is 362 g/mol. The number of carbonyl (C=O) groups is 1. The first-order chi connectivity index (χ1) is 12.2. The predicted octanol–water partition coefficient (Wildman–Crippen LogP) is 3.72. The zero-order valence-electron chi connectivity index (χ0n) is 12.9. The van der Waals surface area contributed by atoms with E-state index in [4.69, 9.17) is 34.8 Å². The Bertz CT molecular complexity index is 902. The lowest BCUT2D eigenvalue weighted by Crippen LogP contribution is -2.16. The number of nitrogens with zero attached hydrogens (tertiary/aromatic N) is 1. The van der Waals surface area contributed by atoms with Crippen molar-refractivity contribution in [3.8, 4) is 23.0 Å². The number of benzene rings is 1. The number of halogens is 1. The SMILES string of the molecule is O=C(OCc1cc(-c2ccco2)on1)c1cc(Cl)c2c(c1)OCCO2. The standard InChI is InChI=1S/C17H12ClNO6/c18-12-6-10(7-15-16(12)23-5-4-22-15)17(20)24-9-11-8-14(25-19-11)13-2-1-3-21-13/h1-3,6-8H,4-5,9H2. The van der Waals surface area contributed by atoms with Crippen molar-refractivity contribution in [3.63, 3.8) is 0 Å². The predicted molar refractivity (Wildman–Crippen MR) is 85.8 cm³/mol. The number of carbonyl (C=O) groups excluding carboxylic acids is 1. The summed E-state index contributed by atoms with van der Waals surface area (Å²) in [5.41, 5.74) is 0.729. The topological polar surface area (TPSA) is 83.9 Å². The van der Waals surface area contributed by atoms with Crippen molar-refractivity contribution in [2.75, 3.05) is 13.2 Å². The summed E-state index contributed by atoms with van der Waals surface area (Å²) < 4.78 is 26.5. The molecule has 3 heterocycles. The van der Waals surface area contributed by atoms with Crippen LogP contribution in [0.2, 0.25) is 5.02 Å². The number of furan rings is 1. The van der Waals surface area contributed by atoms with Gasteiger partial charge in [-0.15, -0.1) is 0 Å². The smallest absolute Gasteiger partial charge is 0.338 e. The number of rotatable bonds is 4. The average Bonchev–Trinajstić information content (AvgIpc) is 3.31. The van der Waals surface area contributed by atoms with E-state index in [0.717, 1.165) is 0 Å². The first-order valence-electron chi connectivity index (χ1n) is 7.46. The van der Waals surface area contributed by atoms with Crippen molar-refractivity contribution < 1.29 is 27.9 Å². The Morgan fingerprint density at radius 3 is 2.92 bits per heavy atom. The van der Waals surface area contributed by atoms with Crippen LogP contribution in [0, 0.1) is 0 Å². The van der Waals surface area contributed by atoms with Crippen molar-refractivity contribution in [2.45, 2.75) is 6.61 Å². The number of hydrogen-bond acceptors (Lipinski definition) is 7. The molecule has 0 spiro atoms. The molecule has 0 saturated heterocycles. The van der Waals surface area contributed by atoms with Crippen LogP contribution in [0.15, 0.2) is 45.5 Å². The van der Waals surface area contributed by atoms with Crippen molar-refractivity contribution in [1.29, 1.82) is 0 Å². The molecule has 0 fully saturated rings. The van der Waals surface area contributed by atoms with E-state index in [-0.39, 0.29) is 12.2 Å². The molecule has 0 radical (unpaired) electrons. The molecule has 0 amide bonds. The zero-order chi connectivity index (χ0) is 17.2. The molecule has 1 aliphatic rings. The van der Waals surface area contributed by atoms with E-state index in [1.54, 1.807) is 24.3 Å². The summed E-state index contributed by atoms with van der Waals surface area (Å²) >= 11 is 6.12. The normalized spacial score (nSPS) is 12.8. The van der Waals surface area contributed by atoms with E-state index in [1.807, 2.05) is 0 Å². The molecule has 25 heavy (non-hydrogen) atoms. The van der Waals surface area contributed by atoms with E-state index in [2.05, 4.69) is 5.16 Å². The van der Waals surface area contributed by atoms with Gasteiger partial charge < -0.3 is 23.2 Å². The Balaban J connectivity index is 1.45.